The number of hydrogen-bond acceptors (Lipinski definition) is 5. The lowest BCUT2D eigenvalue weighted by Crippen LogP contribution is -2.36. The average molecular weight is 395 g/mol. The van der Waals surface area contributed by atoms with Gasteiger partial charge in [-0.15, -0.1) is 0 Å². The molecule has 6 nitrogen and oxygen atoms in total. The van der Waals surface area contributed by atoms with Gasteiger partial charge in [-0.1, -0.05) is 35.9 Å². The standard InChI is InChI=1S/C21H19ClN4O2/c1-28-19-7-6-17(22)10-18(19)25-21-23-11-16(12-24-21)20(27)26-9-8-14-4-2-3-5-15(14)13-26/h2-7,10-12H,8-9,13H2,1H3,(H,23,24,25). The number of nitrogens with one attached hydrogen (secondary N) is 1. The largest absolute Gasteiger partial charge is 0.495 e. The molecule has 1 aliphatic heterocycles. The van der Waals surface area contributed by atoms with Gasteiger partial charge in [0.25, 0.3) is 5.91 Å². The van der Waals surface area contributed by atoms with Crippen molar-refractivity contribution in [3.05, 3.63) is 76.6 Å². The van der Waals surface area contributed by atoms with Crippen LogP contribution < -0.4 is 10.1 Å². The third-order valence-corrected chi connectivity index (χ3v) is 4.96. The van der Waals surface area contributed by atoms with Gasteiger partial charge < -0.3 is 15.0 Å². The van der Waals surface area contributed by atoms with Crippen LogP contribution in [0.25, 0.3) is 0 Å². The zero-order valence-electron chi connectivity index (χ0n) is 15.4. The third kappa shape index (κ3) is 3.77. The molecule has 0 unspecified atom stereocenters. The molecule has 4 rings (SSSR count). The van der Waals surface area contributed by atoms with Crippen molar-refractivity contribution in [2.75, 3.05) is 19.0 Å². The maximum absolute atomic E-state index is 12.8. The number of halogens is 1. The number of carbonyl (C=O) groups is 1. The van der Waals surface area contributed by atoms with Crippen molar-refractivity contribution in [2.45, 2.75) is 13.0 Å². The van der Waals surface area contributed by atoms with E-state index < -0.39 is 0 Å². The molecule has 0 bridgehead atoms. The second-order valence-electron chi connectivity index (χ2n) is 6.51. The quantitative estimate of drug-likeness (QED) is 0.722. The van der Waals surface area contributed by atoms with Gasteiger partial charge in [-0.05, 0) is 35.7 Å². The van der Waals surface area contributed by atoms with Crippen LogP contribution in [0.5, 0.6) is 5.75 Å². The topological polar surface area (TPSA) is 67.3 Å². The number of amides is 1. The highest BCUT2D eigenvalue weighted by Crippen LogP contribution is 2.29. The number of benzene rings is 2. The fourth-order valence-corrected chi connectivity index (χ4v) is 3.43. The van der Waals surface area contributed by atoms with E-state index in [9.17, 15) is 4.79 Å². The van der Waals surface area contributed by atoms with Gasteiger partial charge in [0.05, 0.1) is 18.4 Å². The van der Waals surface area contributed by atoms with E-state index in [4.69, 9.17) is 16.3 Å². The Labute approximate surface area is 168 Å². The Hall–Kier alpha value is -3.12. The lowest BCUT2D eigenvalue weighted by molar-refractivity contribution is 0.0734. The number of nitrogens with zero attached hydrogens (tertiary/aromatic N) is 3. The fourth-order valence-electron chi connectivity index (χ4n) is 3.25. The molecule has 2 aromatic carbocycles. The molecule has 0 saturated heterocycles. The van der Waals surface area contributed by atoms with E-state index >= 15 is 0 Å². The molecule has 28 heavy (non-hydrogen) atoms. The third-order valence-electron chi connectivity index (χ3n) is 4.72. The molecule has 0 spiro atoms. The predicted octanol–water partition coefficient (Wildman–Crippen LogP) is 4.08. The van der Waals surface area contributed by atoms with Crippen LogP contribution in [0, 0.1) is 0 Å². The van der Waals surface area contributed by atoms with E-state index in [0.29, 0.717) is 41.1 Å². The Morgan fingerprint density at radius 3 is 2.64 bits per heavy atom. The number of fused-ring (bicyclic) bond motifs is 1. The maximum Gasteiger partial charge on any atom is 0.257 e. The van der Waals surface area contributed by atoms with E-state index in [1.165, 1.54) is 23.5 Å². The summed E-state index contributed by atoms with van der Waals surface area (Å²) in [6.45, 7) is 1.30. The van der Waals surface area contributed by atoms with Gasteiger partial charge in [-0.3, -0.25) is 4.79 Å². The van der Waals surface area contributed by atoms with Crippen molar-refractivity contribution in [2.24, 2.45) is 0 Å². The molecule has 1 amide bonds. The maximum atomic E-state index is 12.8. The Balaban J connectivity index is 1.48. The van der Waals surface area contributed by atoms with E-state index in [0.717, 1.165) is 6.42 Å². The van der Waals surface area contributed by atoms with E-state index in [2.05, 4.69) is 27.4 Å². The normalized spacial score (nSPS) is 13.0. The summed E-state index contributed by atoms with van der Waals surface area (Å²) in [7, 11) is 1.58. The van der Waals surface area contributed by atoms with Crippen LogP contribution in [0.4, 0.5) is 11.6 Å². The van der Waals surface area contributed by atoms with Crippen molar-refractivity contribution in [1.29, 1.82) is 0 Å². The van der Waals surface area contributed by atoms with E-state index in [-0.39, 0.29) is 5.91 Å². The number of hydrogen-bond donors (Lipinski definition) is 1. The van der Waals surface area contributed by atoms with Gasteiger partial charge in [-0.2, -0.15) is 0 Å². The highest BCUT2D eigenvalue weighted by Gasteiger charge is 2.22. The van der Waals surface area contributed by atoms with Gasteiger partial charge in [0.1, 0.15) is 5.75 Å². The molecule has 0 radical (unpaired) electrons. The van der Waals surface area contributed by atoms with Gasteiger partial charge in [0.2, 0.25) is 5.95 Å². The molecule has 1 N–H and O–H groups in total. The van der Waals surface area contributed by atoms with Crippen LogP contribution in [-0.2, 0) is 13.0 Å². The van der Waals surface area contributed by atoms with Gasteiger partial charge in [0.15, 0.2) is 0 Å². The molecule has 142 valence electrons. The van der Waals surface area contributed by atoms with Crippen LogP contribution in [0.15, 0.2) is 54.9 Å². The van der Waals surface area contributed by atoms with E-state index in [1.54, 1.807) is 25.3 Å². The summed E-state index contributed by atoms with van der Waals surface area (Å²) in [6, 6.07) is 13.4. The molecule has 0 fully saturated rings. The van der Waals surface area contributed by atoms with Gasteiger partial charge in [-0.25, -0.2) is 9.97 Å². The first-order valence-electron chi connectivity index (χ1n) is 8.92. The van der Waals surface area contributed by atoms with Crippen molar-refractivity contribution >= 4 is 29.1 Å². The number of rotatable bonds is 4. The summed E-state index contributed by atoms with van der Waals surface area (Å²) in [5, 5.41) is 3.64. The summed E-state index contributed by atoms with van der Waals surface area (Å²) < 4.78 is 5.31. The lowest BCUT2D eigenvalue weighted by Gasteiger charge is -2.28. The second kappa shape index (κ2) is 7.86. The first-order valence-corrected chi connectivity index (χ1v) is 9.30. The number of ether oxygens (including phenoxy) is 1. The molecular formula is C21H19ClN4O2. The van der Waals surface area contributed by atoms with Crippen LogP contribution in [0.3, 0.4) is 0 Å². The molecule has 0 aliphatic carbocycles. The van der Waals surface area contributed by atoms with Crippen LogP contribution in [-0.4, -0.2) is 34.4 Å². The van der Waals surface area contributed by atoms with Gasteiger partial charge in [0, 0.05) is 30.5 Å². The monoisotopic (exact) mass is 394 g/mol. The molecule has 7 heteroatoms. The smallest absolute Gasteiger partial charge is 0.257 e. The molecule has 0 atom stereocenters. The summed E-state index contributed by atoms with van der Waals surface area (Å²) in [4.78, 5) is 23.2. The molecular weight excluding hydrogens is 376 g/mol. The predicted molar refractivity (Wildman–Crippen MR) is 108 cm³/mol. The summed E-state index contributed by atoms with van der Waals surface area (Å²) in [5.41, 5.74) is 3.61. The summed E-state index contributed by atoms with van der Waals surface area (Å²) in [6.07, 6.45) is 3.93. The van der Waals surface area contributed by atoms with Gasteiger partial charge >= 0.3 is 0 Å². The molecule has 0 saturated carbocycles. The lowest BCUT2D eigenvalue weighted by atomic mass is 9.99. The number of aromatic nitrogens is 2. The number of carbonyl (C=O) groups excluding carboxylic acids is 1. The first-order chi connectivity index (χ1) is 13.6. The first kappa shape index (κ1) is 18.3. The minimum absolute atomic E-state index is 0.0682. The zero-order chi connectivity index (χ0) is 19.5. The molecule has 2 heterocycles. The van der Waals surface area contributed by atoms with Crippen molar-refractivity contribution < 1.29 is 9.53 Å². The fraction of sp³-hybridized carbons (Fsp3) is 0.190. The average Bonchev–Trinajstić information content (AvgIpc) is 2.73. The Kier molecular flexibility index (Phi) is 5.12. The summed E-state index contributed by atoms with van der Waals surface area (Å²) >= 11 is 6.04. The van der Waals surface area contributed by atoms with Crippen LogP contribution >= 0.6 is 11.6 Å². The van der Waals surface area contributed by atoms with Crippen molar-refractivity contribution in [3.8, 4) is 5.75 Å². The molecule has 1 aliphatic rings. The van der Waals surface area contributed by atoms with Crippen LogP contribution in [0.2, 0.25) is 5.02 Å². The SMILES string of the molecule is COc1ccc(Cl)cc1Nc1ncc(C(=O)N2CCc3ccccc3C2)cn1. The van der Waals surface area contributed by atoms with Crippen molar-refractivity contribution in [1.82, 2.24) is 14.9 Å². The minimum Gasteiger partial charge on any atom is -0.495 e. The highest BCUT2D eigenvalue weighted by atomic mass is 35.5. The number of methoxy groups -OCH3 is 1. The van der Waals surface area contributed by atoms with E-state index in [1.807, 2.05) is 17.0 Å². The van der Waals surface area contributed by atoms with Crippen molar-refractivity contribution in [3.63, 3.8) is 0 Å². The summed E-state index contributed by atoms with van der Waals surface area (Å²) in [5.74, 6) is 0.919. The molecule has 3 aromatic rings. The Bertz CT molecular complexity index is 1010. The van der Waals surface area contributed by atoms with Crippen LogP contribution in [0.1, 0.15) is 21.5 Å². The second-order valence-corrected chi connectivity index (χ2v) is 6.95. The Morgan fingerprint density at radius 2 is 1.89 bits per heavy atom. The minimum atomic E-state index is -0.0682. The highest BCUT2D eigenvalue weighted by molar-refractivity contribution is 6.31. The number of anilines is 2. The molecule has 1 aromatic heterocycles. The zero-order valence-corrected chi connectivity index (χ0v) is 16.1. The Morgan fingerprint density at radius 1 is 1.14 bits per heavy atom.